The lowest BCUT2D eigenvalue weighted by Gasteiger charge is -2.25. The monoisotopic (exact) mass is 254 g/mol. The molecular weight excluding hydrogens is 232 g/mol. The van der Waals surface area contributed by atoms with E-state index in [9.17, 15) is 9.90 Å². The van der Waals surface area contributed by atoms with Gasteiger partial charge in [0.15, 0.2) is 0 Å². The lowest BCUT2D eigenvalue weighted by molar-refractivity contribution is -0.137. The molecule has 18 heavy (non-hydrogen) atoms. The van der Waals surface area contributed by atoms with Crippen LogP contribution in [0.3, 0.4) is 0 Å². The first-order valence-electron chi connectivity index (χ1n) is 6.85. The zero-order valence-electron chi connectivity index (χ0n) is 10.6. The highest BCUT2D eigenvalue weighted by Gasteiger charge is 2.47. The topological polar surface area (TPSA) is 66.8 Å². The molecule has 0 radical (unpaired) electrons. The summed E-state index contributed by atoms with van der Waals surface area (Å²) in [6.07, 6.45) is 9.69. The number of hydrogen-bond donors (Lipinski definition) is 2. The van der Waals surface area contributed by atoms with Gasteiger partial charge in [-0.25, -0.2) is 0 Å². The number of ether oxygens (including phenoxy) is 1. The number of carboxylic acid groups (broad SMARTS) is 1. The van der Waals surface area contributed by atoms with Crippen LogP contribution in [0, 0.1) is 11.8 Å². The number of aliphatic carboxylic acids is 1. The predicted molar refractivity (Wildman–Crippen MR) is 67.2 cm³/mol. The van der Waals surface area contributed by atoms with Crippen LogP contribution >= 0.6 is 0 Å². The molecule has 2 aliphatic rings. The van der Waals surface area contributed by atoms with Gasteiger partial charge in [0.05, 0.1) is 12.2 Å². The number of aliphatic hydroxyl groups is 1. The Kier molecular flexibility index (Phi) is 4.78. The number of fused-ring (bicyclic) bond motifs is 2. The maximum Gasteiger partial charge on any atom is 0.303 e. The Morgan fingerprint density at radius 3 is 2.61 bits per heavy atom. The first-order chi connectivity index (χ1) is 8.72. The quantitative estimate of drug-likeness (QED) is 0.538. The first kappa shape index (κ1) is 13.6. The van der Waals surface area contributed by atoms with Crippen molar-refractivity contribution >= 4 is 5.97 Å². The molecular formula is C14H22O4. The van der Waals surface area contributed by atoms with Crippen LogP contribution in [-0.2, 0) is 9.53 Å². The summed E-state index contributed by atoms with van der Waals surface area (Å²) in [5, 5.41) is 17.9. The highest BCUT2D eigenvalue weighted by molar-refractivity contribution is 5.66. The second-order valence-electron chi connectivity index (χ2n) is 5.29. The van der Waals surface area contributed by atoms with E-state index in [4.69, 9.17) is 9.84 Å². The number of hydrogen-bond acceptors (Lipinski definition) is 3. The number of carboxylic acids is 1. The van der Waals surface area contributed by atoms with E-state index in [1.807, 2.05) is 0 Å². The van der Waals surface area contributed by atoms with E-state index in [0.717, 1.165) is 25.7 Å². The standard InChI is InChI=1S/C14H22O4/c15-9-11-10(12-7-8-13(11)18-12)5-3-1-2-4-6-14(16)17/h1,3,10-13,15H,2,4-9H2,(H,16,17)/t10-,11-,12+,13-/m1/s1. The van der Waals surface area contributed by atoms with E-state index in [2.05, 4.69) is 12.2 Å². The lowest BCUT2D eigenvalue weighted by atomic mass is 9.78. The van der Waals surface area contributed by atoms with E-state index in [1.54, 1.807) is 0 Å². The highest BCUT2D eigenvalue weighted by atomic mass is 16.5. The van der Waals surface area contributed by atoms with Crippen LogP contribution in [0.15, 0.2) is 12.2 Å². The summed E-state index contributed by atoms with van der Waals surface area (Å²) in [5.41, 5.74) is 0. The second-order valence-corrected chi connectivity index (χ2v) is 5.29. The fourth-order valence-electron chi connectivity index (χ4n) is 3.19. The fraction of sp³-hybridized carbons (Fsp3) is 0.786. The molecule has 2 N–H and O–H groups in total. The van der Waals surface area contributed by atoms with Crippen molar-refractivity contribution in [3.63, 3.8) is 0 Å². The molecule has 2 rings (SSSR count). The van der Waals surface area contributed by atoms with Gasteiger partial charge in [0.2, 0.25) is 0 Å². The smallest absolute Gasteiger partial charge is 0.303 e. The molecule has 0 aromatic rings. The van der Waals surface area contributed by atoms with Crippen molar-refractivity contribution in [1.82, 2.24) is 0 Å². The third kappa shape index (κ3) is 3.12. The number of carbonyl (C=O) groups is 1. The van der Waals surface area contributed by atoms with Crippen LogP contribution in [0.2, 0.25) is 0 Å². The van der Waals surface area contributed by atoms with Gasteiger partial charge in [-0.05, 0) is 38.0 Å². The predicted octanol–water partition coefficient (Wildman–Crippen LogP) is 1.97. The average molecular weight is 254 g/mol. The third-order valence-corrected chi connectivity index (χ3v) is 4.14. The maximum atomic E-state index is 10.3. The molecule has 0 aliphatic carbocycles. The minimum absolute atomic E-state index is 0.221. The van der Waals surface area contributed by atoms with Crippen molar-refractivity contribution in [1.29, 1.82) is 0 Å². The highest BCUT2D eigenvalue weighted by Crippen LogP contribution is 2.44. The lowest BCUT2D eigenvalue weighted by Crippen LogP contribution is -2.29. The van der Waals surface area contributed by atoms with Gasteiger partial charge in [-0.2, -0.15) is 0 Å². The summed E-state index contributed by atoms with van der Waals surface area (Å²) in [6.45, 7) is 0.221. The fourth-order valence-corrected chi connectivity index (χ4v) is 3.19. The Labute approximate surface area is 108 Å². The van der Waals surface area contributed by atoms with E-state index in [1.165, 1.54) is 0 Å². The zero-order chi connectivity index (χ0) is 13.0. The Hall–Kier alpha value is -0.870. The first-order valence-corrected chi connectivity index (χ1v) is 6.85. The van der Waals surface area contributed by atoms with Crippen molar-refractivity contribution in [2.24, 2.45) is 11.8 Å². The largest absolute Gasteiger partial charge is 0.481 e. The number of unbranched alkanes of at least 4 members (excludes halogenated alkanes) is 1. The van der Waals surface area contributed by atoms with Gasteiger partial charge in [0, 0.05) is 18.9 Å². The van der Waals surface area contributed by atoms with Crippen LogP contribution in [-0.4, -0.2) is 35.0 Å². The minimum Gasteiger partial charge on any atom is -0.481 e. The third-order valence-electron chi connectivity index (χ3n) is 4.14. The molecule has 2 heterocycles. The SMILES string of the molecule is O=C(O)CCCC=CC[C@@H]1[C@@H](CO)[C@H]2CC[C@@H]1O2. The molecule has 4 heteroatoms. The number of rotatable bonds is 7. The molecule has 4 atom stereocenters. The molecule has 2 saturated heterocycles. The molecule has 0 aromatic heterocycles. The minimum atomic E-state index is -0.731. The average Bonchev–Trinajstić information content (AvgIpc) is 2.93. The van der Waals surface area contributed by atoms with Crippen molar-refractivity contribution in [3.8, 4) is 0 Å². The van der Waals surface area contributed by atoms with Crippen molar-refractivity contribution in [3.05, 3.63) is 12.2 Å². The second kappa shape index (κ2) is 6.34. The summed E-state index contributed by atoms with van der Waals surface area (Å²) in [6, 6.07) is 0. The van der Waals surface area contributed by atoms with E-state index in [-0.39, 0.29) is 19.1 Å². The number of allylic oxidation sites excluding steroid dienone is 2. The zero-order valence-corrected chi connectivity index (χ0v) is 10.6. The van der Waals surface area contributed by atoms with Crippen LogP contribution in [0.4, 0.5) is 0 Å². The van der Waals surface area contributed by atoms with Gasteiger partial charge in [0.25, 0.3) is 0 Å². The van der Waals surface area contributed by atoms with Gasteiger partial charge in [-0.15, -0.1) is 0 Å². The molecule has 0 aromatic carbocycles. The normalized spacial score (nSPS) is 34.5. The molecule has 0 amide bonds. The van der Waals surface area contributed by atoms with Crippen LogP contribution in [0.1, 0.15) is 38.5 Å². The van der Waals surface area contributed by atoms with E-state index >= 15 is 0 Å². The van der Waals surface area contributed by atoms with Gasteiger partial charge in [0.1, 0.15) is 0 Å². The molecule has 4 nitrogen and oxygen atoms in total. The van der Waals surface area contributed by atoms with Gasteiger partial charge >= 0.3 is 5.97 Å². The van der Waals surface area contributed by atoms with Crippen LogP contribution < -0.4 is 0 Å². The maximum absolute atomic E-state index is 10.3. The molecule has 0 unspecified atom stereocenters. The van der Waals surface area contributed by atoms with Gasteiger partial charge < -0.3 is 14.9 Å². The number of aliphatic hydroxyl groups excluding tert-OH is 1. The molecule has 0 spiro atoms. The van der Waals surface area contributed by atoms with Crippen molar-refractivity contribution in [2.75, 3.05) is 6.61 Å². The Bertz CT molecular complexity index is 313. The summed E-state index contributed by atoms with van der Waals surface area (Å²) in [7, 11) is 0. The summed E-state index contributed by atoms with van der Waals surface area (Å²) in [5.74, 6) is 0.0159. The van der Waals surface area contributed by atoms with E-state index in [0.29, 0.717) is 24.4 Å². The van der Waals surface area contributed by atoms with Crippen molar-refractivity contribution < 1.29 is 19.7 Å². The van der Waals surface area contributed by atoms with Crippen LogP contribution in [0.25, 0.3) is 0 Å². The summed E-state index contributed by atoms with van der Waals surface area (Å²) >= 11 is 0. The molecule has 2 aliphatic heterocycles. The Morgan fingerprint density at radius 2 is 1.94 bits per heavy atom. The van der Waals surface area contributed by atoms with Crippen LogP contribution in [0.5, 0.6) is 0 Å². The van der Waals surface area contributed by atoms with E-state index < -0.39 is 5.97 Å². The van der Waals surface area contributed by atoms with Gasteiger partial charge in [-0.1, -0.05) is 12.2 Å². The Morgan fingerprint density at radius 1 is 1.22 bits per heavy atom. The molecule has 2 bridgehead atoms. The van der Waals surface area contributed by atoms with Gasteiger partial charge in [-0.3, -0.25) is 4.79 Å². The molecule has 0 saturated carbocycles. The Balaban J connectivity index is 1.69. The molecule has 102 valence electrons. The summed E-state index contributed by atoms with van der Waals surface area (Å²) in [4.78, 5) is 10.3. The van der Waals surface area contributed by atoms with Crippen molar-refractivity contribution in [2.45, 2.75) is 50.7 Å². The summed E-state index contributed by atoms with van der Waals surface area (Å²) < 4.78 is 5.83. The molecule has 2 fully saturated rings.